The van der Waals surface area contributed by atoms with Crippen molar-refractivity contribution < 1.29 is 19.2 Å². The highest BCUT2D eigenvalue weighted by molar-refractivity contribution is 7.32. The van der Waals surface area contributed by atoms with Crippen LogP contribution in [-0.2, 0) is 9.09 Å². The average Bonchev–Trinajstić information content (AvgIpc) is 1.85. The summed E-state index contributed by atoms with van der Waals surface area (Å²) < 4.78 is 14.5. The summed E-state index contributed by atoms with van der Waals surface area (Å²) in [4.78, 5) is 8.25. The molecule has 0 aromatic carbocycles. The number of hydrogen-bond acceptors (Lipinski definition) is 4. The summed E-state index contributed by atoms with van der Waals surface area (Å²) in [7, 11) is -2.93. The van der Waals surface area contributed by atoms with Gasteiger partial charge < -0.3 is 14.6 Å². The lowest BCUT2D eigenvalue weighted by molar-refractivity contribution is 0.247. The maximum Gasteiger partial charge on any atom is 0.317 e. The van der Waals surface area contributed by atoms with Crippen LogP contribution in [0, 0.1) is 0 Å². The van der Waals surface area contributed by atoms with Crippen molar-refractivity contribution in [2.45, 2.75) is 20.0 Å². The third-order valence-electron chi connectivity index (χ3n) is 1.02. The van der Waals surface area contributed by atoms with E-state index in [-0.39, 0.29) is 5.71 Å². The third kappa shape index (κ3) is 3.61. The Kier molecular flexibility index (Phi) is 4.27. The van der Waals surface area contributed by atoms with Crippen molar-refractivity contribution >= 4 is 14.0 Å². The Labute approximate surface area is 59.3 Å². The van der Waals surface area contributed by atoms with Gasteiger partial charge in [0.25, 0.3) is 0 Å². The summed E-state index contributed by atoms with van der Waals surface area (Å²) in [5.41, 5.74) is 0.271. The zero-order chi connectivity index (χ0) is 8.15. The summed E-state index contributed by atoms with van der Waals surface area (Å²) in [6.07, 6.45) is -0.610. The fraction of sp³-hybridized carbons (Fsp3) is 0.750. The molecule has 2 unspecified atom stereocenters. The molecule has 0 aliphatic heterocycles. The molecule has 2 N–H and O–H groups in total. The van der Waals surface area contributed by atoms with Crippen molar-refractivity contribution in [1.29, 1.82) is 0 Å². The standard InChI is InChI=1S/C4H10NO4P/c1-3(5-6)4(2)9-10(7)8/h4,6,10H,1-2H3,(H,7,8). The largest absolute Gasteiger partial charge is 0.411 e. The Morgan fingerprint density at radius 3 is 2.60 bits per heavy atom. The van der Waals surface area contributed by atoms with Crippen LogP contribution in [0.25, 0.3) is 0 Å². The van der Waals surface area contributed by atoms with Gasteiger partial charge in [0, 0.05) is 0 Å². The first-order valence-corrected chi connectivity index (χ1v) is 3.92. The van der Waals surface area contributed by atoms with E-state index in [1.54, 1.807) is 0 Å². The third-order valence-corrected chi connectivity index (χ3v) is 1.58. The predicted octanol–water partition coefficient (Wildman–Crippen LogP) is 0.624. The van der Waals surface area contributed by atoms with E-state index in [0.717, 1.165) is 0 Å². The van der Waals surface area contributed by atoms with Crippen molar-refractivity contribution in [3.63, 3.8) is 0 Å². The maximum atomic E-state index is 10.1. The van der Waals surface area contributed by atoms with Gasteiger partial charge in [-0.3, -0.25) is 4.57 Å². The first-order valence-electron chi connectivity index (χ1n) is 2.66. The van der Waals surface area contributed by atoms with Gasteiger partial charge in [0.2, 0.25) is 0 Å². The topological polar surface area (TPSA) is 79.1 Å². The Hall–Kier alpha value is -0.380. The van der Waals surface area contributed by atoms with Crippen molar-refractivity contribution in [3.05, 3.63) is 0 Å². The summed E-state index contributed by atoms with van der Waals surface area (Å²) in [5, 5.41) is 11.0. The highest BCUT2D eigenvalue weighted by Crippen LogP contribution is 2.18. The highest BCUT2D eigenvalue weighted by Gasteiger charge is 2.08. The molecule has 0 bridgehead atoms. The molecule has 0 heterocycles. The molecule has 6 heteroatoms. The zero-order valence-corrected chi connectivity index (χ0v) is 6.74. The minimum absolute atomic E-state index is 0.271. The molecule has 10 heavy (non-hydrogen) atoms. The predicted molar refractivity (Wildman–Crippen MR) is 36.7 cm³/mol. The Bertz CT molecular complexity index is 157. The van der Waals surface area contributed by atoms with Gasteiger partial charge in [0.05, 0.1) is 5.71 Å². The molecule has 0 fully saturated rings. The number of oxime groups is 1. The summed E-state index contributed by atoms with van der Waals surface area (Å²) in [5.74, 6) is 0. The van der Waals surface area contributed by atoms with Gasteiger partial charge in [-0.2, -0.15) is 0 Å². The molecule has 0 spiro atoms. The second kappa shape index (κ2) is 4.44. The Morgan fingerprint density at radius 1 is 1.80 bits per heavy atom. The quantitative estimate of drug-likeness (QED) is 0.279. The number of rotatable bonds is 3. The van der Waals surface area contributed by atoms with Crippen LogP contribution in [0.3, 0.4) is 0 Å². The average molecular weight is 167 g/mol. The minimum Gasteiger partial charge on any atom is -0.411 e. The summed E-state index contributed by atoms with van der Waals surface area (Å²) in [6, 6.07) is 0. The molecule has 0 saturated heterocycles. The van der Waals surface area contributed by atoms with Crippen molar-refractivity contribution in [1.82, 2.24) is 0 Å². The molecule has 0 aliphatic rings. The second-order valence-electron chi connectivity index (χ2n) is 1.77. The second-order valence-corrected chi connectivity index (χ2v) is 2.53. The van der Waals surface area contributed by atoms with E-state index in [0.29, 0.717) is 0 Å². The molecule has 60 valence electrons. The van der Waals surface area contributed by atoms with Crippen LogP contribution in [0.5, 0.6) is 0 Å². The highest BCUT2D eigenvalue weighted by atomic mass is 31.1. The van der Waals surface area contributed by atoms with Gasteiger partial charge in [-0.25, -0.2) is 0 Å². The smallest absolute Gasteiger partial charge is 0.317 e. The van der Waals surface area contributed by atoms with Gasteiger partial charge in [0.15, 0.2) is 0 Å². The lowest BCUT2D eigenvalue weighted by Crippen LogP contribution is -2.14. The summed E-state index contributed by atoms with van der Waals surface area (Å²) in [6.45, 7) is 3.02. The molecule has 0 rings (SSSR count). The lowest BCUT2D eigenvalue weighted by atomic mass is 10.3. The van der Waals surface area contributed by atoms with Crippen LogP contribution in [0.1, 0.15) is 13.8 Å². The lowest BCUT2D eigenvalue weighted by Gasteiger charge is -2.06. The first kappa shape index (κ1) is 9.62. The fourth-order valence-corrected chi connectivity index (χ4v) is 0.791. The van der Waals surface area contributed by atoms with Crippen LogP contribution >= 0.6 is 8.25 Å². The van der Waals surface area contributed by atoms with E-state index in [4.69, 9.17) is 10.1 Å². The Morgan fingerprint density at radius 2 is 2.30 bits per heavy atom. The van der Waals surface area contributed by atoms with Gasteiger partial charge in [-0.15, -0.1) is 0 Å². The fourth-order valence-electron chi connectivity index (χ4n) is 0.318. The van der Waals surface area contributed by atoms with Crippen LogP contribution in [0.4, 0.5) is 0 Å². The number of nitrogens with zero attached hydrogens (tertiary/aromatic N) is 1. The van der Waals surface area contributed by atoms with Gasteiger partial charge >= 0.3 is 8.25 Å². The van der Waals surface area contributed by atoms with Crippen LogP contribution in [0.15, 0.2) is 5.16 Å². The molecule has 0 aliphatic carbocycles. The van der Waals surface area contributed by atoms with Gasteiger partial charge in [-0.05, 0) is 13.8 Å². The number of hydrogen-bond donors (Lipinski definition) is 2. The van der Waals surface area contributed by atoms with Crippen LogP contribution in [-0.4, -0.2) is 21.9 Å². The molecule has 2 atom stereocenters. The van der Waals surface area contributed by atoms with E-state index >= 15 is 0 Å². The SMILES string of the molecule is CC(=NO)C(C)O[PH](=O)O. The molecule has 5 nitrogen and oxygen atoms in total. The van der Waals surface area contributed by atoms with E-state index < -0.39 is 14.4 Å². The van der Waals surface area contributed by atoms with E-state index in [1.807, 2.05) is 0 Å². The molecule has 0 radical (unpaired) electrons. The van der Waals surface area contributed by atoms with Crippen LogP contribution in [0.2, 0.25) is 0 Å². The molecule has 0 aromatic heterocycles. The summed E-state index contributed by atoms with van der Waals surface area (Å²) >= 11 is 0. The van der Waals surface area contributed by atoms with Crippen molar-refractivity contribution in [2.75, 3.05) is 0 Å². The molecule has 0 aromatic rings. The molecule has 0 saturated carbocycles. The molecule has 0 amide bonds. The Balaban J connectivity index is 3.85. The monoisotopic (exact) mass is 167 g/mol. The van der Waals surface area contributed by atoms with E-state index in [9.17, 15) is 4.57 Å². The van der Waals surface area contributed by atoms with Crippen molar-refractivity contribution in [3.8, 4) is 0 Å². The van der Waals surface area contributed by atoms with Gasteiger partial charge in [0.1, 0.15) is 6.10 Å². The van der Waals surface area contributed by atoms with E-state index in [2.05, 4.69) is 9.68 Å². The van der Waals surface area contributed by atoms with Crippen LogP contribution < -0.4 is 0 Å². The first-order chi connectivity index (χ1) is 4.57. The molecular formula is C4H10NO4P. The zero-order valence-electron chi connectivity index (χ0n) is 5.74. The van der Waals surface area contributed by atoms with Crippen molar-refractivity contribution in [2.24, 2.45) is 5.16 Å². The normalized spacial score (nSPS) is 18.5. The van der Waals surface area contributed by atoms with Gasteiger partial charge in [-0.1, -0.05) is 5.16 Å². The van der Waals surface area contributed by atoms with E-state index in [1.165, 1.54) is 13.8 Å². The molecular weight excluding hydrogens is 157 g/mol. The maximum absolute atomic E-state index is 10.1. The minimum atomic E-state index is -2.93.